The maximum atomic E-state index is 6.25. The van der Waals surface area contributed by atoms with Crippen molar-refractivity contribution in [2.24, 2.45) is 4.99 Å². The van der Waals surface area contributed by atoms with Crippen LogP contribution < -0.4 is 10.6 Å². The molecule has 0 heterocycles. The van der Waals surface area contributed by atoms with Gasteiger partial charge in [0.15, 0.2) is 5.96 Å². The van der Waals surface area contributed by atoms with Crippen LogP contribution in [0.2, 0.25) is 0 Å². The Labute approximate surface area is 154 Å². The smallest absolute Gasteiger partial charge is 0.191 e. The standard InChI is InChI=1S/C19H40N4O2/c1-5-15-25-19(10-7-6-8-11-19)17-22-18(20-2)21-12-14-23(3)13-9-16-24-4/h5-17H2,1-4H3,(H2,20,21,22). The summed E-state index contributed by atoms with van der Waals surface area (Å²) in [5.41, 5.74) is -0.0111. The molecular weight excluding hydrogens is 316 g/mol. The van der Waals surface area contributed by atoms with E-state index in [0.717, 1.165) is 71.0 Å². The second-order valence-electron chi connectivity index (χ2n) is 7.09. The molecule has 25 heavy (non-hydrogen) atoms. The summed E-state index contributed by atoms with van der Waals surface area (Å²) in [6, 6.07) is 0. The van der Waals surface area contributed by atoms with Gasteiger partial charge in [0.1, 0.15) is 0 Å². The molecule has 0 radical (unpaired) electrons. The van der Waals surface area contributed by atoms with E-state index in [1.807, 2.05) is 7.05 Å². The fourth-order valence-electron chi connectivity index (χ4n) is 3.31. The van der Waals surface area contributed by atoms with Gasteiger partial charge in [0, 0.05) is 53.6 Å². The summed E-state index contributed by atoms with van der Waals surface area (Å²) in [7, 11) is 5.72. The molecular formula is C19H40N4O2. The van der Waals surface area contributed by atoms with Crippen molar-refractivity contribution in [1.82, 2.24) is 15.5 Å². The predicted molar refractivity (Wildman–Crippen MR) is 105 cm³/mol. The van der Waals surface area contributed by atoms with Gasteiger partial charge in [0.05, 0.1) is 5.60 Å². The van der Waals surface area contributed by atoms with Crippen molar-refractivity contribution in [3.05, 3.63) is 0 Å². The molecule has 1 saturated carbocycles. The first-order valence-electron chi connectivity index (χ1n) is 9.92. The van der Waals surface area contributed by atoms with E-state index in [-0.39, 0.29) is 5.60 Å². The normalized spacial score (nSPS) is 17.7. The molecule has 2 N–H and O–H groups in total. The van der Waals surface area contributed by atoms with Crippen LogP contribution in [-0.2, 0) is 9.47 Å². The van der Waals surface area contributed by atoms with Crippen molar-refractivity contribution in [3.63, 3.8) is 0 Å². The van der Waals surface area contributed by atoms with Crippen LogP contribution in [0.4, 0.5) is 0 Å². The summed E-state index contributed by atoms with van der Waals surface area (Å²) >= 11 is 0. The minimum atomic E-state index is -0.0111. The summed E-state index contributed by atoms with van der Waals surface area (Å²) in [6.45, 7) is 7.61. The molecule has 0 aromatic heterocycles. The van der Waals surface area contributed by atoms with Gasteiger partial charge in [-0.25, -0.2) is 0 Å². The Kier molecular flexibility index (Phi) is 11.9. The highest BCUT2D eigenvalue weighted by Crippen LogP contribution is 2.31. The number of guanidine groups is 1. The zero-order valence-corrected chi connectivity index (χ0v) is 16.9. The molecule has 0 aromatic carbocycles. The summed E-state index contributed by atoms with van der Waals surface area (Å²) in [5, 5.41) is 6.90. The van der Waals surface area contributed by atoms with E-state index in [1.165, 1.54) is 19.3 Å². The van der Waals surface area contributed by atoms with Gasteiger partial charge >= 0.3 is 0 Å². The monoisotopic (exact) mass is 356 g/mol. The first kappa shape index (κ1) is 22.2. The Morgan fingerprint density at radius 3 is 2.52 bits per heavy atom. The molecule has 148 valence electrons. The highest BCUT2D eigenvalue weighted by Gasteiger charge is 2.32. The van der Waals surface area contributed by atoms with Crippen molar-refractivity contribution in [1.29, 1.82) is 0 Å². The van der Waals surface area contributed by atoms with Crippen molar-refractivity contribution in [2.75, 3.05) is 60.6 Å². The SMILES string of the molecule is CCCOC1(CNC(=NC)NCCN(C)CCCOC)CCCCC1. The van der Waals surface area contributed by atoms with E-state index in [1.54, 1.807) is 7.11 Å². The minimum absolute atomic E-state index is 0.0111. The van der Waals surface area contributed by atoms with Gasteiger partial charge in [-0.1, -0.05) is 26.2 Å². The van der Waals surface area contributed by atoms with Gasteiger partial charge in [0.2, 0.25) is 0 Å². The third-order valence-corrected chi connectivity index (χ3v) is 4.85. The topological polar surface area (TPSA) is 58.1 Å². The Balaban J connectivity index is 2.31. The third kappa shape index (κ3) is 9.42. The van der Waals surface area contributed by atoms with Crippen LogP contribution in [0, 0.1) is 0 Å². The number of hydrogen-bond acceptors (Lipinski definition) is 4. The minimum Gasteiger partial charge on any atom is -0.385 e. The highest BCUT2D eigenvalue weighted by molar-refractivity contribution is 5.79. The average molecular weight is 357 g/mol. The molecule has 0 amide bonds. The molecule has 0 bridgehead atoms. The van der Waals surface area contributed by atoms with E-state index in [4.69, 9.17) is 9.47 Å². The molecule has 1 aliphatic carbocycles. The van der Waals surface area contributed by atoms with Crippen molar-refractivity contribution in [2.45, 2.75) is 57.5 Å². The largest absolute Gasteiger partial charge is 0.385 e. The molecule has 0 spiro atoms. The molecule has 1 rings (SSSR count). The average Bonchev–Trinajstić information content (AvgIpc) is 2.64. The second-order valence-corrected chi connectivity index (χ2v) is 7.09. The fraction of sp³-hybridized carbons (Fsp3) is 0.947. The maximum Gasteiger partial charge on any atom is 0.191 e. The lowest BCUT2D eigenvalue weighted by atomic mass is 9.84. The van der Waals surface area contributed by atoms with Crippen LogP contribution in [-0.4, -0.2) is 77.1 Å². The van der Waals surface area contributed by atoms with Crippen LogP contribution in [0.5, 0.6) is 0 Å². The Bertz CT molecular complexity index is 357. The van der Waals surface area contributed by atoms with E-state index in [2.05, 4.69) is 34.5 Å². The molecule has 0 atom stereocenters. The highest BCUT2D eigenvalue weighted by atomic mass is 16.5. The van der Waals surface area contributed by atoms with Gasteiger partial charge in [-0.15, -0.1) is 0 Å². The van der Waals surface area contributed by atoms with Gasteiger partial charge in [-0.05, 0) is 32.7 Å². The number of nitrogens with one attached hydrogen (secondary N) is 2. The molecule has 1 fully saturated rings. The predicted octanol–water partition coefficient (Wildman–Crippen LogP) is 2.25. The number of ether oxygens (including phenoxy) is 2. The van der Waals surface area contributed by atoms with Crippen LogP contribution in [0.25, 0.3) is 0 Å². The first-order valence-corrected chi connectivity index (χ1v) is 9.92. The van der Waals surface area contributed by atoms with E-state index in [9.17, 15) is 0 Å². The molecule has 0 saturated heterocycles. The Hall–Kier alpha value is -0.850. The lowest BCUT2D eigenvalue weighted by Gasteiger charge is -2.37. The quantitative estimate of drug-likeness (QED) is 0.319. The molecule has 1 aliphatic rings. The van der Waals surface area contributed by atoms with Crippen molar-refractivity contribution >= 4 is 5.96 Å². The Morgan fingerprint density at radius 1 is 1.12 bits per heavy atom. The lowest BCUT2D eigenvalue weighted by Crippen LogP contribution is -2.50. The molecule has 0 aliphatic heterocycles. The zero-order valence-electron chi connectivity index (χ0n) is 16.9. The van der Waals surface area contributed by atoms with E-state index < -0.39 is 0 Å². The zero-order chi connectivity index (χ0) is 18.4. The second kappa shape index (κ2) is 13.4. The number of aliphatic imine (C=N–C) groups is 1. The van der Waals surface area contributed by atoms with Gasteiger partial charge in [-0.3, -0.25) is 4.99 Å². The molecule has 0 aromatic rings. The van der Waals surface area contributed by atoms with E-state index in [0.29, 0.717) is 0 Å². The van der Waals surface area contributed by atoms with Crippen molar-refractivity contribution in [3.8, 4) is 0 Å². The summed E-state index contributed by atoms with van der Waals surface area (Å²) in [4.78, 5) is 6.67. The van der Waals surface area contributed by atoms with Crippen molar-refractivity contribution < 1.29 is 9.47 Å². The van der Waals surface area contributed by atoms with Crippen LogP contribution in [0.3, 0.4) is 0 Å². The van der Waals surface area contributed by atoms with Crippen LogP contribution in [0.1, 0.15) is 51.9 Å². The summed E-state index contributed by atoms with van der Waals surface area (Å²) in [6.07, 6.45) is 8.31. The number of methoxy groups -OCH3 is 1. The fourth-order valence-corrected chi connectivity index (χ4v) is 3.31. The molecule has 6 nitrogen and oxygen atoms in total. The molecule has 6 heteroatoms. The molecule has 0 unspecified atom stereocenters. The lowest BCUT2D eigenvalue weighted by molar-refractivity contribution is -0.0657. The number of likely N-dealkylation sites (N-methyl/N-ethyl adjacent to an activating group) is 1. The maximum absolute atomic E-state index is 6.25. The summed E-state index contributed by atoms with van der Waals surface area (Å²) in [5.74, 6) is 0.871. The number of rotatable bonds is 12. The third-order valence-electron chi connectivity index (χ3n) is 4.85. The van der Waals surface area contributed by atoms with Gasteiger partial charge in [0.25, 0.3) is 0 Å². The summed E-state index contributed by atoms with van der Waals surface area (Å²) < 4.78 is 11.3. The van der Waals surface area contributed by atoms with Gasteiger partial charge in [-0.2, -0.15) is 0 Å². The number of hydrogen-bond donors (Lipinski definition) is 2. The Morgan fingerprint density at radius 2 is 1.88 bits per heavy atom. The van der Waals surface area contributed by atoms with Crippen LogP contribution >= 0.6 is 0 Å². The van der Waals surface area contributed by atoms with Gasteiger partial charge < -0.3 is 25.0 Å². The van der Waals surface area contributed by atoms with E-state index >= 15 is 0 Å². The first-order chi connectivity index (χ1) is 12.2. The number of nitrogens with zero attached hydrogens (tertiary/aromatic N) is 2. The van der Waals surface area contributed by atoms with Crippen LogP contribution in [0.15, 0.2) is 4.99 Å².